The summed E-state index contributed by atoms with van der Waals surface area (Å²) in [7, 11) is 0. The van der Waals surface area contributed by atoms with Gasteiger partial charge in [-0.15, -0.1) is 0 Å². The van der Waals surface area contributed by atoms with Crippen LogP contribution in [0.2, 0.25) is 0 Å². The molecule has 0 radical (unpaired) electrons. The molecule has 5 heteroatoms. The molecule has 2 heterocycles. The normalized spacial score (nSPS) is 20.7. The molecule has 0 bridgehead atoms. The van der Waals surface area contributed by atoms with Crippen LogP contribution in [0.4, 0.5) is 10.1 Å². The fraction of sp³-hybridized carbons (Fsp3) is 0.333. The van der Waals surface area contributed by atoms with Crippen LogP contribution in [-0.2, 0) is 4.79 Å². The van der Waals surface area contributed by atoms with Gasteiger partial charge < -0.3 is 4.90 Å². The SMILES string of the molecule is C=C1NN=C(c2ccc(F)c(N3CCC3=O)c2)C2=C1CCCC2. The number of hydrazone groups is 1. The predicted octanol–water partition coefficient (Wildman–Crippen LogP) is 3.25. The molecule has 1 amide bonds. The summed E-state index contributed by atoms with van der Waals surface area (Å²) in [6.45, 7) is 4.61. The molecule has 4 rings (SSSR count). The Morgan fingerprint density at radius 3 is 2.65 bits per heavy atom. The molecule has 0 unspecified atom stereocenters. The highest BCUT2D eigenvalue weighted by Crippen LogP contribution is 2.34. The molecule has 0 atom stereocenters. The molecule has 4 nitrogen and oxygen atoms in total. The molecule has 1 aliphatic carbocycles. The number of halogens is 1. The van der Waals surface area contributed by atoms with Crippen molar-refractivity contribution in [3.63, 3.8) is 0 Å². The number of carbonyl (C=O) groups excluding carboxylic acids is 1. The number of carbonyl (C=O) groups is 1. The van der Waals surface area contributed by atoms with Gasteiger partial charge in [0, 0.05) is 18.5 Å². The fourth-order valence-electron chi connectivity index (χ4n) is 3.43. The molecule has 1 N–H and O–H groups in total. The molecule has 118 valence electrons. The Kier molecular flexibility index (Phi) is 3.29. The van der Waals surface area contributed by atoms with E-state index in [0.29, 0.717) is 18.7 Å². The van der Waals surface area contributed by atoms with Gasteiger partial charge in [0.25, 0.3) is 0 Å². The van der Waals surface area contributed by atoms with Crippen molar-refractivity contribution in [3.05, 3.63) is 53.0 Å². The lowest BCUT2D eigenvalue weighted by atomic mass is 9.84. The highest BCUT2D eigenvalue weighted by Gasteiger charge is 2.29. The van der Waals surface area contributed by atoms with Crippen LogP contribution in [0.5, 0.6) is 0 Å². The molecule has 0 spiro atoms. The minimum absolute atomic E-state index is 0.0318. The minimum Gasteiger partial charge on any atom is -0.309 e. The van der Waals surface area contributed by atoms with Gasteiger partial charge in [-0.05, 0) is 55.0 Å². The van der Waals surface area contributed by atoms with Gasteiger partial charge in [0.2, 0.25) is 5.91 Å². The summed E-state index contributed by atoms with van der Waals surface area (Å²) in [6, 6.07) is 4.89. The maximum Gasteiger partial charge on any atom is 0.228 e. The van der Waals surface area contributed by atoms with Gasteiger partial charge in [0.05, 0.1) is 17.1 Å². The van der Waals surface area contributed by atoms with Crippen LogP contribution in [0, 0.1) is 5.82 Å². The van der Waals surface area contributed by atoms with E-state index in [-0.39, 0.29) is 11.7 Å². The summed E-state index contributed by atoms with van der Waals surface area (Å²) in [5.41, 5.74) is 8.33. The number of β-lactam (4-membered cyclic amide) rings is 1. The molecule has 1 saturated heterocycles. The zero-order chi connectivity index (χ0) is 16.0. The maximum absolute atomic E-state index is 14.1. The number of allylic oxidation sites excluding steroid dienone is 2. The Morgan fingerprint density at radius 1 is 1.17 bits per heavy atom. The van der Waals surface area contributed by atoms with Crippen molar-refractivity contribution < 1.29 is 9.18 Å². The molecular formula is C18H18FN3O. The molecular weight excluding hydrogens is 293 g/mol. The average molecular weight is 311 g/mol. The third-order valence-electron chi connectivity index (χ3n) is 4.78. The van der Waals surface area contributed by atoms with Crippen LogP contribution in [0.1, 0.15) is 37.7 Å². The lowest BCUT2D eigenvalue weighted by molar-refractivity contribution is -0.122. The second-order valence-corrected chi connectivity index (χ2v) is 6.18. The van der Waals surface area contributed by atoms with E-state index < -0.39 is 0 Å². The Labute approximate surface area is 134 Å². The van der Waals surface area contributed by atoms with Gasteiger partial charge in [-0.3, -0.25) is 10.2 Å². The number of nitrogens with zero attached hydrogens (tertiary/aromatic N) is 2. The Balaban J connectivity index is 1.76. The molecule has 0 aromatic heterocycles. The zero-order valence-electron chi connectivity index (χ0n) is 12.9. The standard InChI is InChI=1S/C18H18FN3O/c1-11-13-4-2-3-5-14(13)18(21-20-11)12-6-7-15(19)16(10-12)22-9-8-17(22)23/h6-7,10,20H,1-5,8-9H2. The van der Waals surface area contributed by atoms with Gasteiger partial charge in [-0.25, -0.2) is 4.39 Å². The first kappa shape index (κ1) is 14.2. The van der Waals surface area contributed by atoms with Gasteiger partial charge in [-0.2, -0.15) is 5.10 Å². The first-order valence-electron chi connectivity index (χ1n) is 8.01. The highest BCUT2D eigenvalue weighted by atomic mass is 19.1. The number of rotatable bonds is 2. The fourth-order valence-corrected chi connectivity index (χ4v) is 3.43. The van der Waals surface area contributed by atoms with E-state index in [1.807, 2.05) is 0 Å². The van der Waals surface area contributed by atoms with E-state index in [1.165, 1.54) is 22.1 Å². The molecule has 0 saturated carbocycles. The van der Waals surface area contributed by atoms with E-state index in [2.05, 4.69) is 17.1 Å². The lowest BCUT2D eigenvalue weighted by Crippen LogP contribution is -2.44. The van der Waals surface area contributed by atoms with Crippen molar-refractivity contribution >= 4 is 17.3 Å². The van der Waals surface area contributed by atoms with Crippen molar-refractivity contribution in [3.8, 4) is 0 Å². The number of hydrogen-bond donors (Lipinski definition) is 1. The summed E-state index contributed by atoms with van der Waals surface area (Å²) < 4.78 is 14.1. The van der Waals surface area contributed by atoms with E-state index in [9.17, 15) is 9.18 Å². The van der Waals surface area contributed by atoms with E-state index in [1.54, 1.807) is 12.1 Å². The van der Waals surface area contributed by atoms with Gasteiger partial charge in [0.15, 0.2) is 0 Å². The van der Waals surface area contributed by atoms with Crippen LogP contribution in [-0.4, -0.2) is 18.2 Å². The van der Waals surface area contributed by atoms with Crippen LogP contribution in [0.3, 0.4) is 0 Å². The monoisotopic (exact) mass is 311 g/mol. The molecule has 1 fully saturated rings. The summed E-state index contributed by atoms with van der Waals surface area (Å²) in [5, 5.41) is 4.44. The average Bonchev–Trinajstić information content (AvgIpc) is 2.56. The van der Waals surface area contributed by atoms with Crippen LogP contribution in [0.15, 0.2) is 46.7 Å². The Hall–Kier alpha value is -2.43. The lowest BCUT2D eigenvalue weighted by Gasteiger charge is -2.32. The summed E-state index contributed by atoms with van der Waals surface area (Å²) in [5.74, 6) is -0.399. The first-order chi connectivity index (χ1) is 11.1. The van der Waals surface area contributed by atoms with E-state index in [0.717, 1.165) is 42.7 Å². The molecule has 1 aromatic rings. The number of nitrogens with one attached hydrogen (secondary N) is 1. The smallest absolute Gasteiger partial charge is 0.228 e. The topological polar surface area (TPSA) is 44.7 Å². The third-order valence-corrected chi connectivity index (χ3v) is 4.78. The van der Waals surface area contributed by atoms with Crippen molar-refractivity contribution in [2.45, 2.75) is 32.1 Å². The second-order valence-electron chi connectivity index (χ2n) is 6.18. The number of anilines is 1. The van der Waals surface area contributed by atoms with E-state index >= 15 is 0 Å². The largest absolute Gasteiger partial charge is 0.309 e. The maximum atomic E-state index is 14.1. The Bertz CT molecular complexity index is 778. The van der Waals surface area contributed by atoms with Crippen molar-refractivity contribution in [2.24, 2.45) is 5.10 Å². The summed E-state index contributed by atoms with van der Waals surface area (Å²) in [6.07, 6.45) is 4.73. The molecule has 1 aromatic carbocycles. The van der Waals surface area contributed by atoms with Crippen molar-refractivity contribution in [1.29, 1.82) is 0 Å². The van der Waals surface area contributed by atoms with Gasteiger partial charge in [-0.1, -0.05) is 6.58 Å². The van der Waals surface area contributed by atoms with Crippen LogP contribution in [0.25, 0.3) is 0 Å². The summed E-state index contributed by atoms with van der Waals surface area (Å²) >= 11 is 0. The second kappa shape index (κ2) is 5.33. The number of benzene rings is 1. The predicted molar refractivity (Wildman–Crippen MR) is 87.7 cm³/mol. The Morgan fingerprint density at radius 2 is 1.96 bits per heavy atom. The number of amides is 1. The van der Waals surface area contributed by atoms with Gasteiger partial charge >= 0.3 is 0 Å². The molecule has 2 aliphatic heterocycles. The van der Waals surface area contributed by atoms with Crippen LogP contribution < -0.4 is 10.3 Å². The van der Waals surface area contributed by atoms with Crippen molar-refractivity contribution in [1.82, 2.24) is 5.43 Å². The number of hydrogen-bond acceptors (Lipinski definition) is 3. The molecule has 3 aliphatic rings. The first-order valence-corrected chi connectivity index (χ1v) is 8.01. The quantitative estimate of drug-likeness (QED) is 0.852. The third kappa shape index (κ3) is 2.27. The zero-order valence-corrected chi connectivity index (χ0v) is 12.9. The van der Waals surface area contributed by atoms with E-state index in [4.69, 9.17) is 0 Å². The van der Waals surface area contributed by atoms with Crippen LogP contribution >= 0.6 is 0 Å². The summed E-state index contributed by atoms with van der Waals surface area (Å²) in [4.78, 5) is 13.1. The minimum atomic E-state index is -0.367. The highest BCUT2D eigenvalue weighted by molar-refractivity contribution is 6.14. The molecule has 23 heavy (non-hydrogen) atoms. The van der Waals surface area contributed by atoms with Gasteiger partial charge in [0.1, 0.15) is 5.82 Å². The van der Waals surface area contributed by atoms with Crippen molar-refractivity contribution in [2.75, 3.05) is 11.4 Å².